The van der Waals surface area contributed by atoms with Gasteiger partial charge in [0.1, 0.15) is 5.75 Å². The fourth-order valence-electron chi connectivity index (χ4n) is 2.05. The Balaban J connectivity index is 2.26. The smallest absolute Gasteiger partial charge is 0.303 e. The molecule has 0 saturated carbocycles. The van der Waals surface area contributed by atoms with E-state index in [2.05, 4.69) is 26.0 Å². The van der Waals surface area contributed by atoms with Gasteiger partial charge in [-0.15, -0.1) is 0 Å². The standard InChI is InChI=1S/C17H26O3/c1-3-14(2)12-15-8-7-9-16(13-15)20-11-6-4-5-10-17(18)19/h7-9,13-14H,3-6,10-12H2,1-2H3,(H,18,19)/t14-/m1/s1. The molecule has 0 heterocycles. The van der Waals surface area contributed by atoms with Crippen molar-refractivity contribution >= 4 is 5.97 Å². The molecule has 1 aromatic rings. The van der Waals surface area contributed by atoms with Crippen LogP contribution >= 0.6 is 0 Å². The van der Waals surface area contributed by atoms with Crippen LogP contribution in [-0.2, 0) is 11.2 Å². The van der Waals surface area contributed by atoms with Crippen LogP contribution in [-0.4, -0.2) is 17.7 Å². The van der Waals surface area contributed by atoms with E-state index in [1.807, 2.05) is 12.1 Å². The van der Waals surface area contributed by atoms with Gasteiger partial charge in [0.2, 0.25) is 0 Å². The molecule has 0 aromatic heterocycles. The van der Waals surface area contributed by atoms with Crippen molar-refractivity contribution in [1.29, 1.82) is 0 Å². The second kappa shape index (κ2) is 9.40. The third-order valence-electron chi connectivity index (χ3n) is 3.48. The Morgan fingerprint density at radius 2 is 2.10 bits per heavy atom. The van der Waals surface area contributed by atoms with Gasteiger partial charge < -0.3 is 9.84 Å². The molecule has 0 unspecified atom stereocenters. The van der Waals surface area contributed by atoms with Crippen LogP contribution in [0.15, 0.2) is 24.3 Å². The quantitative estimate of drug-likeness (QED) is 0.649. The summed E-state index contributed by atoms with van der Waals surface area (Å²) in [6.07, 6.45) is 5.07. The van der Waals surface area contributed by atoms with Crippen molar-refractivity contribution in [2.75, 3.05) is 6.61 Å². The summed E-state index contributed by atoms with van der Waals surface area (Å²) in [4.78, 5) is 10.4. The first-order valence-corrected chi connectivity index (χ1v) is 7.55. The van der Waals surface area contributed by atoms with E-state index in [1.54, 1.807) is 0 Å². The summed E-state index contributed by atoms with van der Waals surface area (Å²) in [6, 6.07) is 8.28. The lowest BCUT2D eigenvalue weighted by Crippen LogP contribution is -2.01. The maximum Gasteiger partial charge on any atom is 0.303 e. The lowest BCUT2D eigenvalue weighted by atomic mass is 9.99. The number of carboxylic acid groups (broad SMARTS) is 1. The molecule has 3 nitrogen and oxygen atoms in total. The van der Waals surface area contributed by atoms with E-state index in [0.29, 0.717) is 12.5 Å². The molecular formula is C17H26O3. The van der Waals surface area contributed by atoms with Gasteiger partial charge >= 0.3 is 5.97 Å². The van der Waals surface area contributed by atoms with Crippen LogP contribution in [0, 0.1) is 5.92 Å². The summed E-state index contributed by atoms with van der Waals surface area (Å²) in [6.45, 7) is 5.13. The number of hydrogen-bond donors (Lipinski definition) is 1. The SMILES string of the molecule is CC[C@@H](C)Cc1cccc(OCCCCCC(=O)O)c1. The summed E-state index contributed by atoms with van der Waals surface area (Å²) < 4.78 is 5.72. The molecule has 20 heavy (non-hydrogen) atoms. The number of rotatable bonds is 10. The van der Waals surface area contributed by atoms with Gasteiger partial charge in [0.15, 0.2) is 0 Å². The van der Waals surface area contributed by atoms with E-state index < -0.39 is 5.97 Å². The molecule has 0 fully saturated rings. The minimum Gasteiger partial charge on any atom is -0.494 e. The van der Waals surface area contributed by atoms with E-state index in [4.69, 9.17) is 9.84 Å². The lowest BCUT2D eigenvalue weighted by molar-refractivity contribution is -0.137. The molecule has 1 atom stereocenters. The zero-order valence-corrected chi connectivity index (χ0v) is 12.6. The van der Waals surface area contributed by atoms with Gasteiger partial charge in [-0.05, 0) is 49.3 Å². The first-order chi connectivity index (χ1) is 9.61. The fourth-order valence-corrected chi connectivity index (χ4v) is 2.05. The maximum atomic E-state index is 10.4. The van der Waals surface area contributed by atoms with E-state index in [1.165, 1.54) is 12.0 Å². The van der Waals surface area contributed by atoms with Crippen molar-refractivity contribution in [2.24, 2.45) is 5.92 Å². The second-order valence-corrected chi connectivity index (χ2v) is 5.42. The average Bonchev–Trinajstić information content (AvgIpc) is 2.42. The molecule has 0 amide bonds. The van der Waals surface area contributed by atoms with Crippen LogP contribution in [0.2, 0.25) is 0 Å². The Hall–Kier alpha value is -1.51. The monoisotopic (exact) mass is 278 g/mol. The van der Waals surface area contributed by atoms with Crippen LogP contribution in [0.3, 0.4) is 0 Å². The van der Waals surface area contributed by atoms with Gasteiger partial charge in [0, 0.05) is 6.42 Å². The van der Waals surface area contributed by atoms with Crippen LogP contribution in [0.4, 0.5) is 0 Å². The van der Waals surface area contributed by atoms with Crippen LogP contribution in [0.1, 0.15) is 51.5 Å². The lowest BCUT2D eigenvalue weighted by Gasteiger charge is -2.11. The topological polar surface area (TPSA) is 46.5 Å². The Bertz CT molecular complexity index is 401. The normalized spacial score (nSPS) is 12.1. The number of aliphatic carboxylic acids is 1. The molecule has 112 valence electrons. The summed E-state index contributed by atoms with van der Waals surface area (Å²) in [5.41, 5.74) is 1.32. The zero-order valence-electron chi connectivity index (χ0n) is 12.6. The van der Waals surface area contributed by atoms with Gasteiger partial charge in [-0.25, -0.2) is 0 Å². The predicted molar refractivity (Wildman–Crippen MR) is 81.2 cm³/mol. The van der Waals surface area contributed by atoms with Crippen molar-refractivity contribution in [2.45, 2.75) is 52.4 Å². The largest absolute Gasteiger partial charge is 0.494 e. The molecule has 0 saturated heterocycles. The molecule has 0 radical (unpaired) electrons. The van der Waals surface area contributed by atoms with Crippen LogP contribution in [0.5, 0.6) is 5.75 Å². The first-order valence-electron chi connectivity index (χ1n) is 7.55. The van der Waals surface area contributed by atoms with E-state index >= 15 is 0 Å². The van der Waals surface area contributed by atoms with Gasteiger partial charge in [-0.3, -0.25) is 4.79 Å². The van der Waals surface area contributed by atoms with Crippen molar-refractivity contribution in [1.82, 2.24) is 0 Å². The first kappa shape index (κ1) is 16.5. The summed E-state index contributed by atoms with van der Waals surface area (Å²) in [5.74, 6) is 0.897. The zero-order chi connectivity index (χ0) is 14.8. The molecule has 0 aliphatic rings. The second-order valence-electron chi connectivity index (χ2n) is 5.42. The third-order valence-corrected chi connectivity index (χ3v) is 3.48. The molecule has 0 aliphatic carbocycles. The number of carbonyl (C=O) groups is 1. The fraction of sp³-hybridized carbons (Fsp3) is 0.588. The highest BCUT2D eigenvalue weighted by Gasteiger charge is 2.03. The van der Waals surface area contributed by atoms with E-state index in [9.17, 15) is 4.79 Å². The molecule has 0 spiro atoms. The number of unbranched alkanes of at least 4 members (excludes halogenated alkanes) is 2. The highest BCUT2D eigenvalue weighted by molar-refractivity contribution is 5.66. The average molecular weight is 278 g/mol. The molecule has 0 aliphatic heterocycles. The van der Waals surface area contributed by atoms with Crippen molar-refractivity contribution in [3.8, 4) is 5.75 Å². The third kappa shape index (κ3) is 7.17. The molecule has 1 aromatic carbocycles. The summed E-state index contributed by atoms with van der Waals surface area (Å²) in [5, 5.41) is 8.54. The van der Waals surface area contributed by atoms with Crippen molar-refractivity contribution < 1.29 is 14.6 Å². The predicted octanol–water partition coefficient (Wildman–Crippen LogP) is 4.30. The highest BCUT2D eigenvalue weighted by atomic mass is 16.5. The molecule has 1 N–H and O–H groups in total. The molecular weight excluding hydrogens is 252 g/mol. The van der Waals surface area contributed by atoms with E-state index in [0.717, 1.165) is 31.4 Å². The summed E-state index contributed by atoms with van der Waals surface area (Å²) in [7, 11) is 0. The van der Waals surface area contributed by atoms with Crippen LogP contribution < -0.4 is 4.74 Å². The number of hydrogen-bond acceptors (Lipinski definition) is 2. The molecule has 0 bridgehead atoms. The van der Waals surface area contributed by atoms with Crippen molar-refractivity contribution in [3.05, 3.63) is 29.8 Å². The van der Waals surface area contributed by atoms with E-state index in [-0.39, 0.29) is 6.42 Å². The molecule has 3 heteroatoms. The van der Waals surface area contributed by atoms with Gasteiger partial charge in [0.05, 0.1) is 6.61 Å². The Labute approximate surface area is 122 Å². The maximum absolute atomic E-state index is 10.4. The Morgan fingerprint density at radius 3 is 2.80 bits per heavy atom. The minimum absolute atomic E-state index is 0.254. The van der Waals surface area contributed by atoms with Crippen LogP contribution in [0.25, 0.3) is 0 Å². The number of ether oxygens (including phenoxy) is 1. The number of carboxylic acids is 1. The van der Waals surface area contributed by atoms with Crippen molar-refractivity contribution in [3.63, 3.8) is 0 Å². The number of benzene rings is 1. The van der Waals surface area contributed by atoms with Gasteiger partial charge in [0.25, 0.3) is 0 Å². The minimum atomic E-state index is -0.719. The molecule has 1 rings (SSSR count). The van der Waals surface area contributed by atoms with Gasteiger partial charge in [-0.2, -0.15) is 0 Å². The van der Waals surface area contributed by atoms with Gasteiger partial charge in [-0.1, -0.05) is 32.4 Å². The summed E-state index contributed by atoms with van der Waals surface area (Å²) >= 11 is 0. The highest BCUT2D eigenvalue weighted by Crippen LogP contribution is 2.18. The Kier molecular flexibility index (Phi) is 7.78. The Morgan fingerprint density at radius 1 is 1.30 bits per heavy atom.